The molecule has 1 saturated carbocycles. The summed E-state index contributed by atoms with van der Waals surface area (Å²) in [7, 11) is 0. The minimum atomic E-state index is 0.548. The van der Waals surface area contributed by atoms with Gasteiger partial charge in [0.15, 0.2) is 5.96 Å². The molecule has 0 atom stereocenters. The van der Waals surface area contributed by atoms with Crippen molar-refractivity contribution in [1.29, 1.82) is 0 Å². The third-order valence-electron chi connectivity index (χ3n) is 3.63. The summed E-state index contributed by atoms with van der Waals surface area (Å²) >= 11 is 0. The molecule has 0 heterocycles. The van der Waals surface area contributed by atoms with Crippen molar-refractivity contribution in [2.45, 2.75) is 45.1 Å². The lowest BCUT2D eigenvalue weighted by atomic mass is 10.1. The van der Waals surface area contributed by atoms with E-state index in [0.717, 1.165) is 13.0 Å². The Morgan fingerprint density at radius 2 is 2.06 bits per heavy atom. The van der Waals surface area contributed by atoms with E-state index in [0.29, 0.717) is 12.0 Å². The Labute approximate surface area is 109 Å². The number of rotatable bonds is 4. The lowest BCUT2D eigenvalue weighted by Crippen LogP contribution is -2.38. The number of aliphatic imine (C=N–C) groups is 1. The first-order chi connectivity index (χ1) is 8.75. The fraction of sp³-hybridized carbons (Fsp3) is 0.533. The molecule has 0 aliphatic heterocycles. The van der Waals surface area contributed by atoms with Crippen molar-refractivity contribution in [2.75, 3.05) is 6.54 Å². The summed E-state index contributed by atoms with van der Waals surface area (Å²) in [4.78, 5) is 4.41. The second kappa shape index (κ2) is 6.43. The molecule has 0 spiro atoms. The summed E-state index contributed by atoms with van der Waals surface area (Å²) < 4.78 is 0. The molecular formula is C15H23N3. The number of nitrogens with two attached hydrogens (primary N) is 1. The molecule has 0 unspecified atom stereocenters. The summed E-state index contributed by atoms with van der Waals surface area (Å²) in [6.45, 7) is 2.90. The third-order valence-corrected chi connectivity index (χ3v) is 3.63. The average molecular weight is 245 g/mol. The van der Waals surface area contributed by atoms with Gasteiger partial charge >= 0.3 is 0 Å². The highest BCUT2D eigenvalue weighted by atomic mass is 15.1. The van der Waals surface area contributed by atoms with Crippen LogP contribution >= 0.6 is 0 Å². The molecular weight excluding hydrogens is 222 g/mol. The molecule has 1 aliphatic carbocycles. The van der Waals surface area contributed by atoms with Crippen LogP contribution in [0.15, 0.2) is 29.3 Å². The maximum Gasteiger partial charge on any atom is 0.188 e. The largest absolute Gasteiger partial charge is 0.370 e. The predicted octanol–water partition coefficient (Wildman–Crippen LogP) is 2.38. The number of hydrogen-bond acceptors (Lipinski definition) is 1. The van der Waals surface area contributed by atoms with E-state index in [1.807, 2.05) is 0 Å². The molecule has 1 aromatic rings. The van der Waals surface area contributed by atoms with E-state index >= 15 is 0 Å². The summed E-state index contributed by atoms with van der Waals surface area (Å²) in [5.74, 6) is 0.607. The van der Waals surface area contributed by atoms with Gasteiger partial charge < -0.3 is 11.1 Å². The van der Waals surface area contributed by atoms with Gasteiger partial charge in [0.25, 0.3) is 0 Å². The van der Waals surface area contributed by atoms with Gasteiger partial charge in [0.1, 0.15) is 0 Å². The molecule has 3 heteroatoms. The fourth-order valence-corrected chi connectivity index (χ4v) is 2.51. The van der Waals surface area contributed by atoms with Crippen LogP contribution in [0, 0.1) is 6.92 Å². The number of nitrogens with one attached hydrogen (secondary N) is 1. The molecule has 3 nitrogen and oxygen atoms in total. The second-order valence-electron chi connectivity index (χ2n) is 5.07. The van der Waals surface area contributed by atoms with E-state index in [1.165, 1.54) is 36.8 Å². The second-order valence-corrected chi connectivity index (χ2v) is 5.07. The van der Waals surface area contributed by atoms with E-state index in [4.69, 9.17) is 5.73 Å². The van der Waals surface area contributed by atoms with Crippen LogP contribution in [0.25, 0.3) is 0 Å². The van der Waals surface area contributed by atoms with Gasteiger partial charge in [0.05, 0.1) is 0 Å². The summed E-state index contributed by atoms with van der Waals surface area (Å²) in [5.41, 5.74) is 8.58. The van der Waals surface area contributed by atoms with Crippen LogP contribution in [0.5, 0.6) is 0 Å². The van der Waals surface area contributed by atoms with Crippen LogP contribution in [0.1, 0.15) is 36.8 Å². The van der Waals surface area contributed by atoms with Crippen molar-refractivity contribution < 1.29 is 0 Å². The lowest BCUT2D eigenvalue weighted by Gasteiger charge is -2.12. The van der Waals surface area contributed by atoms with E-state index in [1.54, 1.807) is 0 Å². The smallest absolute Gasteiger partial charge is 0.188 e. The maximum absolute atomic E-state index is 5.89. The van der Waals surface area contributed by atoms with E-state index in [-0.39, 0.29) is 0 Å². The Balaban J connectivity index is 1.78. The molecule has 18 heavy (non-hydrogen) atoms. The van der Waals surface area contributed by atoms with Crippen LogP contribution in [-0.4, -0.2) is 18.5 Å². The van der Waals surface area contributed by atoms with E-state index in [2.05, 4.69) is 41.5 Å². The minimum absolute atomic E-state index is 0.548. The van der Waals surface area contributed by atoms with Crippen molar-refractivity contribution in [3.8, 4) is 0 Å². The van der Waals surface area contributed by atoms with Crippen molar-refractivity contribution in [3.05, 3.63) is 35.4 Å². The summed E-state index contributed by atoms with van der Waals surface area (Å²) in [6.07, 6.45) is 6.05. The first kappa shape index (κ1) is 12.9. The Hall–Kier alpha value is -1.51. The van der Waals surface area contributed by atoms with E-state index < -0.39 is 0 Å². The quantitative estimate of drug-likeness (QED) is 0.632. The van der Waals surface area contributed by atoms with Gasteiger partial charge in [-0.3, -0.25) is 4.99 Å². The predicted molar refractivity (Wildman–Crippen MR) is 76.8 cm³/mol. The Bertz CT molecular complexity index is 406. The van der Waals surface area contributed by atoms with Gasteiger partial charge in [-0.2, -0.15) is 0 Å². The number of aryl methyl sites for hydroxylation is 1. The lowest BCUT2D eigenvalue weighted by molar-refractivity contribution is 0.625. The minimum Gasteiger partial charge on any atom is -0.370 e. The molecule has 98 valence electrons. The Morgan fingerprint density at radius 1 is 1.33 bits per heavy atom. The highest BCUT2D eigenvalue weighted by Gasteiger charge is 2.14. The van der Waals surface area contributed by atoms with Gasteiger partial charge in [-0.25, -0.2) is 0 Å². The first-order valence-electron chi connectivity index (χ1n) is 6.86. The molecule has 1 fully saturated rings. The van der Waals surface area contributed by atoms with Crippen molar-refractivity contribution in [2.24, 2.45) is 10.7 Å². The normalized spacial score (nSPS) is 17.1. The van der Waals surface area contributed by atoms with Gasteiger partial charge in [-0.15, -0.1) is 0 Å². The molecule has 0 bridgehead atoms. The van der Waals surface area contributed by atoms with Crippen LogP contribution < -0.4 is 11.1 Å². The number of nitrogens with zero attached hydrogens (tertiary/aromatic N) is 1. The van der Waals surface area contributed by atoms with E-state index in [9.17, 15) is 0 Å². The van der Waals surface area contributed by atoms with Crippen molar-refractivity contribution >= 4 is 5.96 Å². The Morgan fingerprint density at radius 3 is 2.78 bits per heavy atom. The standard InChI is InChI=1S/C15H23N3/c1-12-6-2-3-7-13(12)10-11-17-15(16)18-14-8-4-5-9-14/h2-3,6-7,14H,4-5,8-11H2,1H3,(H3,16,17,18). The number of guanidine groups is 1. The van der Waals surface area contributed by atoms with Gasteiger partial charge in [0.2, 0.25) is 0 Å². The zero-order valence-corrected chi connectivity index (χ0v) is 11.2. The average Bonchev–Trinajstić information content (AvgIpc) is 2.84. The molecule has 0 radical (unpaired) electrons. The molecule has 0 aromatic heterocycles. The molecule has 1 aromatic carbocycles. The van der Waals surface area contributed by atoms with Gasteiger partial charge in [-0.05, 0) is 37.3 Å². The summed E-state index contributed by atoms with van der Waals surface area (Å²) in [5, 5.41) is 3.31. The van der Waals surface area contributed by atoms with Crippen molar-refractivity contribution in [1.82, 2.24) is 5.32 Å². The molecule has 0 saturated heterocycles. The molecule has 0 amide bonds. The molecule has 3 N–H and O–H groups in total. The van der Waals surface area contributed by atoms with Gasteiger partial charge in [0, 0.05) is 12.6 Å². The zero-order valence-electron chi connectivity index (χ0n) is 11.2. The Kier molecular flexibility index (Phi) is 4.62. The van der Waals surface area contributed by atoms with Crippen LogP contribution in [-0.2, 0) is 6.42 Å². The number of hydrogen-bond donors (Lipinski definition) is 2. The van der Waals surface area contributed by atoms with Gasteiger partial charge in [-0.1, -0.05) is 37.1 Å². The monoisotopic (exact) mass is 245 g/mol. The molecule has 2 rings (SSSR count). The number of benzene rings is 1. The van der Waals surface area contributed by atoms with Crippen LogP contribution in [0.2, 0.25) is 0 Å². The van der Waals surface area contributed by atoms with Crippen molar-refractivity contribution in [3.63, 3.8) is 0 Å². The first-order valence-corrected chi connectivity index (χ1v) is 6.86. The maximum atomic E-state index is 5.89. The summed E-state index contributed by atoms with van der Waals surface area (Å²) in [6, 6.07) is 8.99. The zero-order chi connectivity index (χ0) is 12.8. The SMILES string of the molecule is Cc1ccccc1CCN=C(N)NC1CCCC1. The van der Waals surface area contributed by atoms with Crippen LogP contribution in [0.4, 0.5) is 0 Å². The highest BCUT2D eigenvalue weighted by Crippen LogP contribution is 2.17. The van der Waals surface area contributed by atoms with Crippen LogP contribution in [0.3, 0.4) is 0 Å². The third kappa shape index (κ3) is 3.76. The topological polar surface area (TPSA) is 50.4 Å². The highest BCUT2D eigenvalue weighted by molar-refractivity contribution is 5.78. The fourth-order valence-electron chi connectivity index (χ4n) is 2.51. The molecule has 1 aliphatic rings.